The Morgan fingerprint density at radius 1 is 1.21 bits per heavy atom. The van der Waals surface area contributed by atoms with Gasteiger partial charge in [0.1, 0.15) is 5.75 Å². The van der Waals surface area contributed by atoms with E-state index in [-0.39, 0.29) is 18.2 Å². The summed E-state index contributed by atoms with van der Waals surface area (Å²) in [5.41, 5.74) is 2.07. The van der Waals surface area contributed by atoms with Gasteiger partial charge in [-0.25, -0.2) is 4.98 Å². The van der Waals surface area contributed by atoms with Crippen LogP contribution < -0.4 is 15.4 Å². The first kappa shape index (κ1) is 17.8. The maximum absolute atomic E-state index is 12.2. The molecule has 0 spiro atoms. The van der Waals surface area contributed by atoms with Crippen molar-refractivity contribution in [3.05, 3.63) is 60.6 Å². The predicted octanol–water partition coefficient (Wildman–Crippen LogP) is 3.63. The minimum absolute atomic E-state index is 0.171. The summed E-state index contributed by atoms with van der Waals surface area (Å²) < 4.78 is 11.2. The van der Waals surface area contributed by atoms with Gasteiger partial charge in [-0.2, -0.15) is 0 Å². The van der Waals surface area contributed by atoms with Crippen LogP contribution in [0.25, 0.3) is 11.3 Å². The normalized spacial score (nSPS) is 15.3. The zero-order valence-electron chi connectivity index (χ0n) is 15.3. The zero-order valence-corrected chi connectivity index (χ0v) is 15.3. The second kappa shape index (κ2) is 7.56. The lowest BCUT2D eigenvalue weighted by Crippen LogP contribution is -2.34. The van der Waals surface area contributed by atoms with Crippen molar-refractivity contribution in [1.82, 2.24) is 4.98 Å². The van der Waals surface area contributed by atoms with Gasteiger partial charge >= 0.3 is 0 Å². The minimum atomic E-state index is -0.533. The molecule has 2 heterocycles. The Kier molecular flexibility index (Phi) is 4.80. The number of rotatable bonds is 5. The number of carbonyl (C=O) groups is 2. The standard InChI is InChI=1S/C21H19N3O4/c1-13-21(26)24-16-11-15(7-8-17(16)27-13)23-19(25)9-10-20-22-12-18(28-20)14-5-3-2-4-6-14/h2-8,11-13H,9-10H2,1H3,(H,23,25)(H,24,26)/t13-/m1/s1. The number of nitrogens with zero attached hydrogens (tertiary/aromatic N) is 1. The number of oxazole rings is 1. The molecule has 7 heteroatoms. The van der Waals surface area contributed by atoms with Crippen LogP contribution in [0.1, 0.15) is 19.2 Å². The van der Waals surface area contributed by atoms with E-state index in [9.17, 15) is 9.59 Å². The van der Waals surface area contributed by atoms with Crippen molar-refractivity contribution in [1.29, 1.82) is 0 Å². The van der Waals surface area contributed by atoms with E-state index in [1.54, 1.807) is 31.3 Å². The number of aromatic nitrogens is 1. The van der Waals surface area contributed by atoms with Gasteiger partial charge in [0.2, 0.25) is 5.91 Å². The van der Waals surface area contributed by atoms with Gasteiger partial charge in [-0.05, 0) is 25.1 Å². The van der Waals surface area contributed by atoms with Gasteiger partial charge in [0.05, 0.1) is 11.9 Å². The summed E-state index contributed by atoms with van der Waals surface area (Å²) in [4.78, 5) is 28.2. The number of nitrogens with one attached hydrogen (secondary N) is 2. The Morgan fingerprint density at radius 3 is 2.86 bits per heavy atom. The van der Waals surface area contributed by atoms with E-state index in [1.165, 1.54) is 0 Å². The summed E-state index contributed by atoms with van der Waals surface area (Å²) in [6.07, 6.45) is 1.75. The average Bonchev–Trinajstić information content (AvgIpc) is 3.17. The molecule has 0 saturated carbocycles. The summed E-state index contributed by atoms with van der Waals surface area (Å²) >= 11 is 0. The average molecular weight is 377 g/mol. The molecule has 1 aromatic heterocycles. The largest absolute Gasteiger partial charge is 0.479 e. The highest BCUT2D eigenvalue weighted by atomic mass is 16.5. The van der Waals surface area contributed by atoms with Crippen LogP contribution in [0.2, 0.25) is 0 Å². The van der Waals surface area contributed by atoms with Gasteiger partial charge in [-0.15, -0.1) is 0 Å². The number of hydrogen-bond acceptors (Lipinski definition) is 5. The van der Waals surface area contributed by atoms with Gasteiger partial charge in [0.15, 0.2) is 17.8 Å². The Bertz CT molecular complexity index is 1010. The fourth-order valence-corrected chi connectivity index (χ4v) is 2.89. The molecule has 0 saturated heterocycles. The molecule has 3 aromatic rings. The molecular weight excluding hydrogens is 358 g/mol. The van der Waals surface area contributed by atoms with Gasteiger partial charge in [0, 0.05) is 24.1 Å². The summed E-state index contributed by atoms with van der Waals surface area (Å²) in [5, 5.41) is 5.57. The lowest BCUT2D eigenvalue weighted by atomic mass is 10.2. The summed E-state index contributed by atoms with van der Waals surface area (Å²) in [5.74, 6) is 1.38. The number of anilines is 2. The second-order valence-corrected chi connectivity index (χ2v) is 6.49. The molecule has 0 fully saturated rings. The molecule has 28 heavy (non-hydrogen) atoms. The molecule has 1 aliphatic heterocycles. The van der Waals surface area contributed by atoms with Crippen LogP contribution in [0, 0.1) is 0 Å². The fourth-order valence-electron chi connectivity index (χ4n) is 2.89. The number of amides is 2. The van der Waals surface area contributed by atoms with Gasteiger partial charge in [-0.1, -0.05) is 30.3 Å². The zero-order chi connectivity index (χ0) is 19.5. The molecule has 0 bridgehead atoms. The first-order chi connectivity index (χ1) is 13.6. The molecular formula is C21H19N3O4. The monoisotopic (exact) mass is 377 g/mol. The minimum Gasteiger partial charge on any atom is -0.479 e. The highest BCUT2D eigenvalue weighted by Gasteiger charge is 2.23. The third kappa shape index (κ3) is 3.88. The van der Waals surface area contributed by atoms with Crippen LogP contribution in [0.3, 0.4) is 0 Å². The Hall–Kier alpha value is -3.61. The van der Waals surface area contributed by atoms with Crippen LogP contribution in [0.15, 0.2) is 59.1 Å². The lowest BCUT2D eigenvalue weighted by molar-refractivity contribution is -0.122. The van der Waals surface area contributed by atoms with E-state index >= 15 is 0 Å². The maximum Gasteiger partial charge on any atom is 0.265 e. The lowest BCUT2D eigenvalue weighted by Gasteiger charge is -2.23. The van der Waals surface area contributed by atoms with Crippen molar-refractivity contribution < 1.29 is 18.7 Å². The van der Waals surface area contributed by atoms with E-state index in [4.69, 9.17) is 9.15 Å². The molecule has 1 atom stereocenters. The van der Waals surface area contributed by atoms with Crippen LogP contribution in [-0.2, 0) is 16.0 Å². The summed E-state index contributed by atoms with van der Waals surface area (Å²) in [7, 11) is 0. The Balaban J connectivity index is 1.35. The number of fused-ring (bicyclic) bond motifs is 1. The Labute approximate surface area is 161 Å². The quantitative estimate of drug-likeness (QED) is 0.708. The molecule has 7 nitrogen and oxygen atoms in total. The van der Waals surface area contributed by atoms with Crippen molar-refractivity contribution in [2.24, 2.45) is 0 Å². The van der Waals surface area contributed by atoms with Crippen LogP contribution >= 0.6 is 0 Å². The predicted molar refractivity (Wildman–Crippen MR) is 104 cm³/mol. The van der Waals surface area contributed by atoms with Gasteiger partial charge in [0.25, 0.3) is 5.91 Å². The molecule has 1 aliphatic rings. The topological polar surface area (TPSA) is 93.5 Å². The molecule has 2 aromatic carbocycles. The highest BCUT2D eigenvalue weighted by molar-refractivity contribution is 5.99. The molecule has 2 N–H and O–H groups in total. The van der Waals surface area contributed by atoms with Gasteiger partial charge < -0.3 is 19.8 Å². The van der Waals surface area contributed by atoms with Crippen molar-refractivity contribution in [3.63, 3.8) is 0 Å². The summed E-state index contributed by atoms with van der Waals surface area (Å²) in [6.45, 7) is 1.68. The molecule has 4 rings (SSSR count). The first-order valence-corrected chi connectivity index (χ1v) is 9.00. The molecule has 0 unspecified atom stereocenters. The summed E-state index contributed by atoms with van der Waals surface area (Å²) in [6, 6.07) is 14.8. The molecule has 142 valence electrons. The molecule has 0 radical (unpaired) electrons. The van der Waals surface area contributed by atoms with Crippen molar-refractivity contribution >= 4 is 23.2 Å². The number of carbonyl (C=O) groups excluding carboxylic acids is 2. The molecule has 2 amide bonds. The van der Waals surface area contributed by atoms with Crippen molar-refractivity contribution in [2.75, 3.05) is 10.6 Å². The maximum atomic E-state index is 12.2. The number of benzene rings is 2. The first-order valence-electron chi connectivity index (χ1n) is 9.00. The van der Waals surface area contributed by atoms with Crippen molar-refractivity contribution in [2.45, 2.75) is 25.9 Å². The Morgan fingerprint density at radius 2 is 2.04 bits per heavy atom. The van der Waals surface area contributed by atoms with E-state index in [2.05, 4.69) is 15.6 Å². The fraction of sp³-hybridized carbons (Fsp3) is 0.190. The van der Waals surface area contributed by atoms with Crippen LogP contribution in [0.5, 0.6) is 5.75 Å². The van der Waals surface area contributed by atoms with Crippen molar-refractivity contribution in [3.8, 4) is 17.1 Å². The SMILES string of the molecule is C[C@H]1Oc2ccc(NC(=O)CCc3ncc(-c4ccccc4)o3)cc2NC1=O. The van der Waals surface area contributed by atoms with E-state index < -0.39 is 6.10 Å². The van der Waals surface area contributed by atoms with E-state index in [0.29, 0.717) is 35.2 Å². The van der Waals surface area contributed by atoms with E-state index in [0.717, 1.165) is 5.56 Å². The number of ether oxygens (including phenoxy) is 1. The highest BCUT2D eigenvalue weighted by Crippen LogP contribution is 2.32. The number of aryl methyl sites for hydroxylation is 1. The van der Waals surface area contributed by atoms with Crippen LogP contribution in [-0.4, -0.2) is 22.9 Å². The van der Waals surface area contributed by atoms with E-state index in [1.807, 2.05) is 30.3 Å². The second-order valence-electron chi connectivity index (χ2n) is 6.49. The number of hydrogen-bond donors (Lipinski definition) is 2. The van der Waals surface area contributed by atoms with Gasteiger partial charge in [-0.3, -0.25) is 9.59 Å². The smallest absolute Gasteiger partial charge is 0.265 e. The third-order valence-corrected chi connectivity index (χ3v) is 4.37. The third-order valence-electron chi connectivity index (χ3n) is 4.37. The van der Waals surface area contributed by atoms with Crippen LogP contribution in [0.4, 0.5) is 11.4 Å². The molecule has 0 aliphatic carbocycles.